The second-order valence-electron chi connectivity index (χ2n) is 9.84. The van der Waals surface area contributed by atoms with Crippen LogP contribution in [0.25, 0.3) is 10.9 Å². The highest BCUT2D eigenvalue weighted by molar-refractivity contribution is 5.99. The number of hydrogen-bond acceptors (Lipinski definition) is 7. The van der Waals surface area contributed by atoms with Gasteiger partial charge in [0.2, 0.25) is 11.3 Å². The van der Waals surface area contributed by atoms with Crippen LogP contribution in [-0.4, -0.2) is 77.0 Å². The Hall–Kier alpha value is -3.89. The number of primary amides is 1. The number of benzene rings is 1. The number of nitrogens with zero attached hydrogens (tertiary/aromatic N) is 2. The largest absolute Gasteiger partial charge is 0.460 e. The van der Waals surface area contributed by atoms with Crippen LogP contribution in [0, 0.1) is 0 Å². The normalized spacial score (nSPS) is 14.8. The summed E-state index contributed by atoms with van der Waals surface area (Å²) < 4.78 is 10.4. The molecule has 0 aliphatic carbocycles. The molecule has 3 N–H and O–H groups in total. The maximum atomic E-state index is 13.8. The molecule has 1 aromatic heterocycles. The molecule has 3 rings (SSSR count). The molecule has 1 aliphatic rings. The van der Waals surface area contributed by atoms with E-state index in [2.05, 4.69) is 4.98 Å². The van der Waals surface area contributed by atoms with E-state index in [9.17, 15) is 24.0 Å². The molecule has 1 fully saturated rings. The van der Waals surface area contributed by atoms with Gasteiger partial charge in [0.05, 0.1) is 12.5 Å². The number of para-hydroxylation sites is 1. The van der Waals surface area contributed by atoms with Crippen molar-refractivity contribution in [1.82, 2.24) is 14.8 Å². The van der Waals surface area contributed by atoms with Crippen LogP contribution in [0.4, 0.5) is 4.79 Å². The highest BCUT2D eigenvalue weighted by Crippen LogP contribution is 2.27. The summed E-state index contributed by atoms with van der Waals surface area (Å²) >= 11 is 0. The lowest BCUT2D eigenvalue weighted by molar-refractivity contribution is -0.155. The van der Waals surface area contributed by atoms with E-state index < -0.39 is 34.9 Å². The molecular weight excluding hydrogens is 480 g/mol. The summed E-state index contributed by atoms with van der Waals surface area (Å²) in [6, 6.07) is 6.61. The van der Waals surface area contributed by atoms with Gasteiger partial charge in [-0.2, -0.15) is 0 Å². The highest BCUT2D eigenvalue weighted by Gasteiger charge is 2.34. The number of hydrogen-bond donors (Lipinski definition) is 2. The fourth-order valence-electron chi connectivity index (χ4n) is 4.35. The lowest BCUT2D eigenvalue weighted by Crippen LogP contribution is -2.52. The molecule has 11 nitrogen and oxygen atoms in total. The van der Waals surface area contributed by atoms with Crippen molar-refractivity contribution in [3.63, 3.8) is 0 Å². The molecule has 0 radical (unpaired) electrons. The Morgan fingerprint density at radius 3 is 2.27 bits per heavy atom. The maximum absolute atomic E-state index is 13.8. The average Bonchev–Trinajstić information content (AvgIpc) is 2.83. The first-order valence-corrected chi connectivity index (χ1v) is 12.3. The van der Waals surface area contributed by atoms with Crippen molar-refractivity contribution < 1.29 is 28.7 Å². The van der Waals surface area contributed by atoms with Crippen LogP contribution in [-0.2, 0) is 19.1 Å². The molecule has 2 heterocycles. The van der Waals surface area contributed by atoms with Gasteiger partial charge in [-0.3, -0.25) is 19.2 Å². The van der Waals surface area contributed by atoms with Crippen molar-refractivity contribution in [3.05, 3.63) is 45.7 Å². The van der Waals surface area contributed by atoms with E-state index in [1.807, 2.05) is 0 Å². The van der Waals surface area contributed by atoms with Crippen molar-refractivity contribution in [2.75, 3.05) is 32.8 Å². The van der Waals surface area contributed by atoms with E-state index >= 15 is 0 Å². The smallest absolute Gasteiger partial charge is 0.409 e. The molecule has 0 saturated carbocycles. The van der Waals surface area contributed by atoms with Crippen LogP contribution in [0.3, 0.4) is 0 Å². The number of piperazine rings is 1. The molecule has 1 aliphatic heterocycles. The van der Waals surface area contributed by atoms with E-state index in [0.717, 1.165) is 0 Å². The molecule has 3 amide bonds. The van der Waals surface area contributed by atoms with Gasteiger partial charge in [0, 0.05) is 49.2 Å². The van der Waals surface area contributed by atoms with Gasteiger partial charge < -0.3 is 30.0 Å². The molecule has 200 valence electrons. The number of carbonyl (C=O) groups is 4. The van der Waals surface area contributed by atoms with E-state index in [1.165, 1.54) is 4.90 Å². The molecule has 1 unspecified atom stereocenters. The third-order valence-electron chi connectivity index (χ3n) is 6.00. The quantitative estimate of drug-likeness (QED) is 0.537. The van der Waals surface area contributed by atoms with E-state index in [-0.39, 0.29) is 68.2 Å². The molecule has 1 saturated heterocycles. The van der Waals surface area contributed by atoms with Gasteiger partial charge in [0.1, 0.15) is 11.2 Å². The number of carbonyl (C=O) groups excluding carboxylic acids is 4. The monoisotopic (exact) mass is 514 g/mol. The Morgan fingerprint density at radius 2 is 1.68 bits per heavy atom. The van der Waals surface area contributed by atoms with Crippen LogP contribution in [0.2, 0.25) is 0 Å². The zero-order valence-corrected chi connectivity index (χ0v) is 21.7. The summed E-state index contributed by atoms with van der Waals surface area (Å²) in [6.45, 7) is 8.16. The minimum absolute atomic E-state index is 0.0135. The zero-order valence-electron chi connectivity index (χ0n) is 21.7. The lowest BCUT2D eigenvalue weighted by Gasteiger charge is -2.36. The number of fused-ring (bicyclic) bond motifs is 1. The van der Waals surface area contributed by atoms with Gasteiger partial charge in [0.15, 0.2) is 0 Å². The summed E-state index contributed by atoms with van der Waals surface area (Å²) in [7, 11) is 0. The SMILES string of the molecule is CCOC(=O)N1CCN(C(=O)C(CCC(=O)OC(C)(C)C)c2[nH]c3ccccc3c(=O)c2C(N)=O)CC1. The van der Waals surface area contributed by atoms with Crippen molar-refractivity contribution in [3.8, 4) is 0 Å². The minimum Gasteiger partial charge on any atom is -0.460 e. The number of ether oxygens (including phenoxy) is 2. The number of esters is 1. The van der Waals surface area contributed by atoms with Crippen LogP contribution in [0.5, 0.6) is 0 Å². The van der Waals surface area contributed by atoms with E-state index in [1.54, 1.807) is 56.9 Å². The van der Waals surface area contributed by atoms with Gasteiger partial charge in [-0.05, 0) is 46.2 Å². The first-order chi connectivity index (χ1) is 17.4. The number of nitrogens with two attached hydrogens (primary N) is 1. The molecule has 0 spiro atoms. The Labute approximate surface area is 214 Å². The Morgan fingerprint density at radius 1 is 1.05 bits per heavy atom. The molecule has 1 aromatic carbocycles. The molecule has 0 bridgehead atoms. The van der Waals surface area contributed by atoms with Crippen LogP contribution < -0.4 is 11.2 Å². The third-order valence-corrected chi connectivity index (χ3v) is 6.00. The van der Waals surface area contributed by atoms with Crippen molar-refractivity contribution >= 4 is 34.8 Å². The minimum atomic E-state index is -1.04. The van der Waals surface area contributed by atoms with Crippen molar-refractivity contribution in [1.29, 1.82) is 0 Å². The van der Waals surface area contributed by atoms with Gasteiger partial charge in [-0.25, -0.2) is 4.79 Å². The van der Waals surface area contributed by atoms with Crippen molar-refractivity contribution in [2.45, 2.75) is 52.1 Å². The number of aromatic nitrogens is 1. The predicted molar refractivity (Wildman–Crippen MR) is 136 cm³/mol. The number of rotatable bonds is 7. The molecule has 11 heteroatoms. The number of nitrogens with one attached hydrogen (secondary N) is 1. The molecule has 1 atom stereocenters. The number of pyridine rings is 1. The fourth-order valence-corrected chi connectivity index (χ4v) is 4.35. The Kier molecular flexibility index (Phi) is 8.57. The molecular formula is C26H34N4O7. The zero-order chi connectivity index (χ0) is 27.3. The molecule has 2 aromatic rings. The molecule has 37 heavy (non-hydrogen) atoms. The summed E-state index contributed by atoms with van der Waals surface area (Å²) in [4.78, 5) is 70.1. The van der Waals surface area contributed by atoms with Gasteiger partial charge in [-0.15, -0.1) is 0 Å². The Bertz CT molecular complexity index is 1240. The first kappa shape index (κ1) is 27.7. The number of aromatic amines is 1. The average molecular weight is 515 g/mol. The summed E-state index contributed by atoms with van der Waals surface area (Å²) in [5, 5.41) is 0.265. The lowest BCUT2D eigenvalue weighted by atomic mass is 9.91. The summed E-state index contributed by atoms with van der Waals surface area (Å²) in [5.41, 5.74) is 4.50. The Balaban J connectivity index is 1.97. The topological polar surface area (TPSA) is 152 Å². The second kappa shape index (κ2) is 11.4. The summed E-state index contributed by atoms with van der Waals surface area (Å²) in [5.74, 6) is -2.91. The first-order valence-electron chi connectivity index (χ1n) is 12.3. The van der Waals surface area contributed by atoms with Gasteiger partial charge >= 0.3 is 12.1 Å². The second-order valence-corrected chi connectivity index (χ2v) is 9.84. The third kappa shape index (κ3) is 6.66. The summed E-state index contributed by atoms with van der Waals surface area (Å²) in [6.07, 6.45) is -0.588. The highest BCUT2D eigenvalue weighted by atomic mass is 16.6. The van der Waals surface area contributed by atoms with Crippen molar-refractivity contribution in [2.24, 2.45) is 5.73 Å². The maximum Gasteiger partial charge on any atom is 0.409 e. The van der Waals surface area contributed by atoms with Crippen LogP contribution in [0.15, 0.2) is 29.1 Å². The van der Waals surface area contributed by atoms with E-state index in [4.69, 9.17) is 15.2 Å². The predicted octanol–water partition coefficient (Wildman–Crippen LogP) is 2.13. The van der Waals surface area contributed by atoms with Gasteiger partial charge in [0.25, 0.3) is 5.91 Å². The van der Waals surface area contributed by atoms with Crippen LogP contribution >= 0.6 is 0 Å². The fraction of sp³-hybridized carbons (Fsp3) is 0.500. The number of amides is 3. The van der Waals surface area contributed by atoms with Crippen LogP contribution in [0.1, 0.15) is 62.5 Å². The number of H-pyrrole nitrogens is 1. The standard InChI is InChI=1S/C26H34N4O7/c1-5-36-25(35)30-14-12-29(13-15-30)24(34)17(10-11-19(31)37-26(2,3)4)21-20(23(27)33)22(32)16-8-6-7-9-18(16)28-21/h6-9,17H,5,10-15H2,1-4H3,(H2,27,33)(H,28,32). The van der Waals surface area contributed by atoms with E-state index in [0.29, 0.717) is 5.52 Å². The van der Waals surface area contributed by atoms with Gasteiger partial charge in [-0.1, -0.05) is 12.1 Å².